The van der Waals surface area contributed by atoms with Crippen LogP contribution in [0.4, 0.5) is 26.3 Å². The molecule has 1 aromatic carbocycles. The molecular formula is C12H13F6NS. The van der Waals surface area contributed by atoms with Crippen molar-refractivity contribution in [2.75, 3.05) is 12.3 Å². The molecule has 0 aromatic heterocycles. The lowest BCUT2D eigenvalue weighted by atomic mass is 10.2. The fourth-order valence-corrected chi connectivity index (χ4v) is 2.07. The van der Waals surface area contributed by atoms with Crippen LogP contribution in [0.2, 0.25) is 0 Å². The first-order chi connectivity index (χ1) is 9.22. The van der Waals surface area contributed by atoms with Crippen molar-refractivity contribution in [2.24, 2.45) is 0 Å². The maximum Gasteiger partial charge on any atom is 0.464 e. The molecule has 1 nitrogen and oxygen atoms in total. The number of halogens is 6. The number of thioether (sulfide) groups is 1. The third-order valence-electron chi connectivity index (χ3n) is 2.33. The van der Waals surface area contributed by atoms with Crippen LogP contribution in [-0.2, 0) is 6.54 Å². The van der Waals surface area contributed by atoms with Gasteiger partial charge >= 0.3 is 11.4 Å². The molecule has 0 radical (unpaired) electrons. The number of hydrogen-bond donors (Lipinski definition) is 1. The van der Waals surface area contributed by atoms with Crippen LogP contribution >= 0.6 is 11.8 Å². The molecule has 0 spiro atoms. The Morgan fingerprint density at radius 1 is 1.10 bits per heavy atom. The molecule has 20 heavy (non-hydrogen) atoms. The second-order valence-electron chi connectivity index (χ2n) is 4.02. The minimum Gasteiger partial charge on any atom is -0.313 e. The Balaban J connectivity index is 2.17. The van der Waals surface area contributed by atoms with Crippen LogP contribution in [0.25, 0.3) is 0 Å². The Morgan fingerprint density at radius 2 is 1.80 bits per heavy atom. The van der Waals surface area contributed by atoms with Gasteiger partial charge in [-0.3, -0.25) is 0 Å². The highest BCUT2D eigenvalue weighted by Crippen LogP contribution is 2.44. The van der Waals surface area contributed by atoms with Crippen LogP contribution in [0, 0.1) is 5.82 Å². The molecule has 8 heteroatoms. The highest BCUT2D eigenvalue weighted by molar-refractivity contribution is 8.00. The third-order valence-corrected chi connectivity index (χ3v) is 3.42. The van der Waals surface area contributed by atoms with Crippen LogP contribution in [0.5, 0.6) is 0 Å². The summed E-state index contributed by atoms with van der Waals surface area (Å²) in [7, 11) is 0. The second-order valence-corrected chi connectivity index (χ2v) is 5.23. The zero-order valence-corrected chi connectivity index (χ0v) is 11.1. The van der Waals surface area contributed by atoms with E-state index in [1.54, 1.807) is 6.07 Å². The van der Waals surface area contributed by atoms with E-state index >= 15 is 0 Å². The van der Waals surface area contributed by atoms with Crippen LogP contribution in [0.15, 0.2) is 24.3 Å². The second kappa shape index (κ2) is 7.21. The lowest BCUT2D eigenvalue weighted by Gasteiger charge is -2.18. The molecule has 0 atom stereocenters. The number of alkyl halides is 5. The summed E-state index contributed by atoms with van der Waals surface area (Å²) >= 11 is -0.424. The van der Waals surface area contributed by atoms with Gasteiger partial charge in [0, 0.05) is 12.3 Å². The average Bonchev–Trinajstić information content (AvgIpc) is 2.32. The van der Waals surface area contributed by atoms with Gasteiger partial charge in [-0.2, -0.15) is 22.0 Å². The quantitative estimate of drug-likeness (QED) is 0.598. The Bertz CT molecular complexity index is 421. The van der Waals surface area contributed by atoms with E-state index in [0.717, 1.165) is 0 Å². The molecule has 1 aromatic rings. The maximum atomic E-state index is 12.8. The molecule has 0 aliphatic rings. The number of benzene rings is 1. The number of rotatable bonds is 7. The van der Waals surface area contributed by atoms with E-state index < -0.39 is 23.2 Å². The predicted molar refractivity (Wildman–Crippen MR) is 66.2 cm³/mol. The molecule has 1 rings (SSSR count). The molecule has 0 unspecified atom stereocenters. The summed E-state index contributed by atoms with van der Waals surface area (Å²) in [4.78, 5) is 0. The van der Waals surface area contributed by atoms with Crippen molar-refractivity contribution in [3.63, 3.8) is 0 Å². The lowest BCUT2D eigenvalue weighted by molar-refractivity contribution is -0.237. The SMILES string of the molecule is Fc1cccc(CNCCCSC(F)(F)C(F)(F)F)c1. The molecule has 0 amide bonds. The third kappa shape index (κ3) is 5.62. The normalized spacial score (nSPS) is 12.7. The summed E-state index contributed by atoms with van der Waals surface area (Å²) < 4.78 is 73.4. The van der Waals surface area contributed by atoms with E-state index in [0.29, 0.717) is 12.1 Å². The maximum absolute atomic E-state index is 12.8. The number of nitrogens with one attached hydrogen (secondary N) is 1. The van der Waals surface area contributed by atoms with Crippen molar-refractivity contribution < 1.29 is 26.3 Å². The van der Waals surface area contributed by atoms with Crippen molar-refractivity contribution >= 4 is 11.8 Å². The van der Waals surface area contributed by atoms with Gasteiger partial charge in [-0.15, -0.1) is 0 Å². The van der Waals surface area contributed by atoms with Gasteiger partial charge in [0.1, 0.15) is 5.82 Å². The van der Waals surface area contributed by atoms with E-state index in [1.165, 1.54) is 18.2 Å². The first-order valence-corrected chi connectivity index (χ1v) is 6.74. The van der Waals surface area contributed by atoms with Gasteiger partial charge in [0.15, 0.2) is 0 Å². The summed E-state index contributed by atoms with van der Waals surface area (Å²) in [6.07, 6.45) is -5.36. The molecule has 114 valence electrons. The zero-order valence-electron chi connectivity index (χ0n) is 10.3. The van der Waals surface area contributed by atoms with Gasteiger partial charge < -0.3 is 5.32 Å². The van der Waals surface area contributed by atoms with Gasteiger partial charge in [0.2, 0.25) is 0 Å². The molecule has 1 N–H and O–H groups in total. The van der Waals surface area contributed by atoms with Gasteiger partial charge in [0.05, 0.1) is 0 Å². The highest BCUT2D eigenvalue weighted by Gasteiger charge is 2.57. The van der Waals surface area contributed by atoms with Gasteiger partial charge in [-0.25, -0.2) is 4.39 Å². The number of hydrogen-bond acceptors (Lipinski definition) is 2. The van der Waals surface area contributed by atoms with Crippen molar-refractivity contribution in [3.05, 3.63) is 35.6 Å². The smallest absolute Gasteiger partial charge is 0.313 e. The molecule has 0 saturated carbocycles. The molecule has 0 aliphatic carbocycles. The fraction of sp³-hybridized carbons (Fsp3) is 0.500. The van der Waals surface area contributed by atoms with Gasteiger partial charge in [-0.05, 0) is 30.7 Å². The van der Waals surface area contributed by atoms with E-state index in [9.17, 15) is 26.3 Å². The van der Waals surface area contributed by atoms with Crippen molar-refractivity contribution in [3.8, 4) is 0 Å². The first-order valence-electron chi connectivity index (χ1n) is 5.76. The Labute approximate surface area is 116 Å². The summed E-state index contributed by atoms with van der Waals surface area (Å²) in [6.45, 7) is 0.607. The molecule has 0 aliphatic heterocycles. The topological polar surface area (TPSA) is 12.0 Å². The Morgan fingerprint density at radius 3 is 2.40 bits per heavy atom. The Kier molecular flexibility index (Phi) is 6.19. The predicted octanol–water partition coefficient (Wildman–Crippen LogP) is 4.19. The molecule has 0 heterocycles. The monoisotopic (exact) mass is 317 g/mol. The molecule has 0 bridgehead atoms. The van der Waals surface area contributed by atoms with E-state index in [4.69, 9.17) is 0 Å². The van der Waals surface area contributed by atoms with E-state index in [2.05, 4.69) is 5.32 Å². The minimum absolute atomic E-state index is 0.158. The lowest BCUT2D eigenvalue weighted by Crippen LogP contribution is -2.33. The van der Waals surface area contributed by atoms with Crippen LogP contribution in [0.1, 0.15) is 12.0 Å². The Hall–Kier alpha value is -0.890. The molecular weight excluding hydrogens is 304 g/mol. The van der Waals surface area contributed by atoms with Crippen molar-refractivity contribution in [1.29, 1.82) is 0 Å². The summed E-state index contributed by atoms with van der Waals surface area (Å²) in [5.41, 5.74) is 0.679. The summed E-state index contributed by atoms with van der Waals surface area (Å²) in [6, 6.07) is 5.83. The average molecular weight is 317 g/mol. The van der Waals surface area contributed by atoms with E-state index in [1.807, 2.05) is 0 Å². The largest absolute Gasteiger partial charge is 0.464 e. The highest BCUT2D eigenvalue weighted by atomic mass is 32.2. The first kappa shape index (κ1) is 17.2. The van der Waals surface area contributed by atoms with Crippen LogP contribution in [-0.4, -0.2) is 23.7 Å². The van der Waals surface area contributed by atoms with E-state index in [-0.39, 0.29) is 24.5 Å². The van der Waals surface area contributed by atoms with Gasteiger partial charge in [0.25, 0.3) is 0 Å². The summed E-state index contributed by atoms with van der Waals surface area (Å²) in [5, 5.41) is -1.86. The van der Waals surface area contributed by atoms with Crippen LogP contribution < -0.4 is 5.32 Å². The fourth-order valence-electron chi connectivity index (χ4n) is 1.36. The van der Waals surface area contributed by atoms with Crippen LogP contribution in [0.3, 0.4) is 0 Å². The molecule has 0 saturated heterocycles. The zero-order chi connectivity index (χ0) is 15.2. The standard InChI is InChI=1S/C12H13F6NS/c13-10-4-1-3-9(7-10)8-19-5-2-6-20-12(17,18)11(14,15)16/h1,3-4,7,19H,2,5-6,8H2. The van der Waals surface area contributed by atoms with Gasteiger partial charge in [-0.1, -0.05) is 23.9 Å². The minimum atomic E-state index is -5.52. The van der Waals surface area contributed by atoms with Crippen molar-refractivity contribution in [2.45, 2.75) is 24.4 Å². The summed E-state index contributed by atoms with van der Waals surface area (Å²) in [5.74, 6) is -0.701. The molecule has 0 fully saturated rings. The van der Waals surface area contributed by atoms with Crippen molar-refractivity contribution in [1.82, 2.24) is 5.32 Å².